The maximum atomic E-state index is 11.6. The van der Waals surface area contributed by atoms with Gasteiger partial charge in [-0.25, -0.2) is 19.6 Å². The van der Waals surface area contributed by atoms with Gasteiger partial charge in [0.1, 0.15) is 0 Å². The number of aromatic nitrogens is 4. The number of nitrogens with zero attached hydrogens (tertiary/aromatic N) is 4. The molecule has 0 aliphatic carbocycles. The van der Waals surface area contributed by atoms with Gasteiger partial charge in [-0.1, -0.05) is 52.1 Å². The normalized spacial score (nSPS) is 10.7. The van der Waals surface area contributed by atoms with E-state index < -0.39 is 39.7 Å². The van der Waals surface area contributed by atoms with E-state index in [1.54, 1.807) is 35.7 Å². The minimum atomic E-state index is -4.70. The molecule has 0 aliphatic heterocycles. The Morgan fingerprint density at radius 1 is 0.691 bits per heavy atom. The molecule has 0 fully saturated rings. The summed E-state index contributed by atoms with van der Waals surface area (Å²) in [6.45, 7) is 1.87. The van der Waals surface area contributed by atoms with Crippen LogP contribution in [-0.2, 0) is 31.7 Å². The number of hydrogen-bond acceptors (Lipinski definition) is 14. The number of benzene rings is 3. The molecule has 16 nitrogen and oxygen atoms in total. The van der Waals surface area contributed by atoms with Crippen molar-refractivity contribution in [3.8, 4) is 0 Å². The molecule has 0 saturated carbocycles. The van der Waals surface area contributed by atoms with Gasteiger partial charge in [0.15, 0.2) is 0 Å². The molecule has 5 aromatic rings. The summed E-state index contributed by atoms with van der Waals surface area (Å²) < 4.78 is 34.1. The molecule has 0 saturated heterocycles. The van der Waals surface area contributed by atoms with Crippen molar-refractivity contribution in [2.75, 3.05) is 42.9 Å². The topological polar surface area (TPSA) is 239 Å². The first-order valence-electron chi connectivity index (χ1n) is 15.3. The molecule has 24 heteroatoms. The second-order valence-corrected chi connectivity index (χ2v) is 16.3. The molecular formula is C31H34N6Na4O10P2S2. The van der Waals surface area contributed by atoms with Gasteiger partial charge in [-0.15, -0.1) is 11.8 Å². The van der Waals surface area contributed by atoms with E-state index in [0.717, 1.165) is 26.9 Å². The first-order valence-corrected chi connectivity index (χ1v) is 20.5. The predicted octanol–water partition coefficient (Wildman–Crippen LogP) is -8.07. The number of ether oxygens (including phenoxy) is 2. The van der Waals surface area contributed by atoms with Gasteiger partial charge in [0.25, 0.3) is 0 Å². The summed E-state index contributed by atoms with van der Waals surface area (Å²) >= 11 is 3.23. The molecule has 55 heavy (non-hydrogen) atoms. The van der Waals surface area contributed by atoms with Gasteiger partial charge in [-0.3, -0.25) is 10.6 Å². The van der Waals surface area contributed by atoms with Crippen molar-refractivity contribution in [1.29, 1.82) is 0 Å². The van der Waals surface area contributed by atoms with Crippen LogP contribution in [0.1, 0.15) is 13.3 Å². The molecule has 0 atom stereocenters. The Balaban J connectivity index is 0.000000995. The molecule has 3 aromatic carbocycles. The van der Waals surface area contributed by atoms with Gasteiger partial charge < -0.3 is 47.3 Å². The number of carbonyl (C=O) groups is 2. The fraction of sp³-hybridized carbons (Fsp3) is 0.290. The molecule has 0 spiro atoms. The summed E-state index contributed by atoms with van der Waals surface area (Å²) in [6.07, 6.45) is -1.58. The van der Waals surface area contributed by atoms with Gasteiger partial charge in [-0.05, 0) is 73.0 Å². The zero-order chi connectivity index (χ0) is 37.2. The maximum absolute atomic E-state index is 11.6. The number of nitrogens with one attached hydrogen (secondary N) is 2. The molecule has 0 bridgehead atoms. The minimum Gasteiger partial charge on any atom is -0.811 e. The van der Waals surface area contributed by atoms with E-state index in [1.165, 1.54) is 23.4 Å². The van der Waals surface area contributed by atoms with Crippen LogP contribution in [0.15, 0.2) is 81.4 Å². The van der Waals surface area contributed by atoms with Gasteiger partial charge in [0.05, 0.1) is 36.3 Å². The zero-order valence-electron chi connectivity index (χ0n) is 31.7. The van der Waals surface area contributed by atoms with E-state index in [2.05, 4.69) is 37.0 Å². The Morgan fingerprint density at radius 2 is 1.13 bits per heavy atom. The Hall–Kier alpha value is 0.140. The number of thioether (sulfide) groups is 1. The molecule has 2 aromatic heterocycles. The largest absolute Gasteiger partial charge is 1.00 e. The Bertz CT molecular complexity index is 2090. The van der Waals surface area contributed by atoms with E-state index in [9.17, 15) is 38.3 Å². The fourth-order valence-electron chi connectivity index (χ4n) is 4.59. The van der Waals surface area contributed by atoms with Crippen LogP contribution in [0, 0.1) is 0 Å². The summed E-state index contributed by atoms with van der Waals surface area (Å²) in [5.74, 6) is 1.23. The molecule has 0 radical (unpaired) electrons. The van der Waals surface area contributed by atoms with Crippen molar-refractivity contribution in [3.05, 3.63) is 66.7 Å². The average Bonchev–Trinajstić information content (AvgIpc) is 3.60. The summed E-state index contributed by atoms with van der Waals surface area (Å²) in [7, 11) is -6.94. The van der Waals surface area contributed by atoms with Crippen molar-refractivity contribution in [2.45, 2.75) is 41.1 Å². The van der Waals surface area contributed by atoms with E-state index in [1.807, 2.05) is 54.6 Å². The third-order valence-electron chi connectivity index (χ3n) is 6.88. The summed E-state index contributed by atoms with van der Waals surface area (Å²) in [5, 5.41) is 4.88. The minimum absolute atomic E-state index is 0. The number of rotatable bonds is 13. The van der Waals surface area contributed by atoms with E-state index in [0.29, 0.717) is 22.1 Å². The third-order valence-corrected chi connectivity index (χ3v) is 10.6. The predicted molar refractivity (Wildman–Crippen MR) is 188 cm³/mol. The molecule has 0 unspecified atom stereocenters. The quantitative estimate of drug-likeness (QED) is 0.0636. The van der Waals surface area contributed by atoms with Crippen molar-refractivity contribution >= 4 is 84.9 Å². The van der Waals surface area contributed by atoms with E-state index in [4.69, 9.17) is 0 Å². The second kappa shape index (κ2) is 26.4. The first-order chi connectivity index (χ1) is 24.2. The molecule has 0 aliphatic rings. The first kappa shape index (κ1) is 55.1. The number of aryl methyl sites for hydroxylation is 2. The Kier molecular flexibility index (Phi) is 26.4. The fourth-order valence-corrected chi connectivity index (χ4v) is 7.15. The number of fused-ring (bicyclic) bond motifs is 2. The van der Waals surface area contributed by atoms with Crippen molar-refractivity contribution in [1.82, 2.24) is 19.1 Å². The van der Waals surface area contributed by atoms with Gasteiger partial charge in [-0.2, -0.15) is 0 Å². The average molecular weight is 869 g/mol. The van der Waals surface area contributed by atoms with Gasteiger partial charge >= 0.3 is 130 Å². The van der Waals surface area contributed by atoms with Gasteiger partial charge in [0.2, 0.25) is 11.9 Å². The number of amides is 2. The summed E-state index contributed by atoms with van der Waals surface area (Å²) in [6, 6.07) is 20.8. The SMILES string of the molecule is CCCSc1ccc2c(c1)nc(NC(=O)OC)n2CCP(=O)([O-])[O-].COC(=O)Nc1nc2cc(Sc3ccccc3)ccc2n1CCP(=O)([O-])[O-].[Na+].[Na+].[Na+].[Na+]. The molecule has 2 N–H and O–H groups in total. The molecule has 5 rings (SSSR count). The van der Waals surface area contributed by atoms with Crippen LogP contribution in [0.2, 0.25) is 0 Å². The van der Waals surface area contributed by atoms with Crippen LogP contribution in [0.3, 0.4) is 0 Å². The molecule has 2 amide bonds. The Morgan fingerprint density at radius 3 is 1.55 bits per heavy atom. The number of imidazole rings is 2. The maximum Gasteiger partial charge on any atom is 1.00 e. The van der Waals surface area contributed by atoms with Crippen LogP contribution in [0.5, 0.6) is 0 Å². The van der Waals surface area contributed by atoms with E-state index >= 15 is 0 Å². The van der Waals surface area contributed by atoms with Crippen LogP contribution >= 0.6 is 38.7 Å². The summed E-state index contributed by atoms with van der Waals surface area (Å²) in [4.78, 5) is 78.6. The molecule has 2 heterocycles. The Labute approximate surface area is 415 Å². The van der Waals surface area contributed by atoms with Crippen LogP contribution in [0.25, 0.3) is 22.1 Å². The van der Waals surface area contributed by atoms with Crippen LogP contribution in [-0.4, -0.2) is 63.6 Å². The molecule has 274 valence electrons. The number of hydrogen-bond donors (Lipinski definition) is 2. The number of methoxy groups -OCH3 is 2. The zero-order valence-corrected chi connectivity index (χ0v) is 43.1. The third kappa shape index (κ3) is 18.1. The smallest absolute Gasteiger partial charge is 0.811 e. The van der Waals surface area contributed by atoms with Gasteiger partial charge in [0, 0.05) is 27.8 Å². The standard InChI is InChI=1S/C17H18N3O5PS.C14H20N3O5PS.4Na/c1-25-17(21)19-16-18-14-11-13(27-12-5-3-2-4-6-12)7-8-15(14)20(16)9-10-26(22,23)24;1-3-8-24-10-4-5-12-11(9-10)15-13(16-14(18)22-2)17(12)6-7-23(19,20)21;;;;/h2-8,11H,9-10H2,1H3,(H,18,19,21)(H2,22,23,24);4-5,9H,3,6-8H2,1-2H3,(H,15,16,18)(H2,19,20,21);;;;/q;;4*+1/p-4. The number of carbonyl (C=O) groups excluding carboxylic acids is 2. The monoisotopic (exact) mass is 868 g/mol. The van der Waals surface area contributed by atoms with Crippen LogP contribution < -0.4 is 148 Å². The number of anilines is 2. The second-order valence-electron chi connectivity index (χ2n) is 10.6. The van der Waals surface area contributed by atoms with E-state index in [-0.39, 0.29) is 143 Å². The van der Waals surface area contributed by atoms with Crippen molar-refractivity contribution in [3.63, 3.8) is 0 Å². The molecular weight excluding hydrogens is 834 g/mol. The van der Waals surface area contributed by atoms with Crippen molar-refractivity contribution in [2.24, 2.45) is 0 Å². The van der Waals surface area contributed by atoms with Crippen LogP contribution in [0.4, 0.5) is 21.5 Å². The van der Waals surface area contributed by atoms with Crippen molar-refractivity contribution < 1.29 is 166 Å². The summed E-state index contributed by atoms with van der Waals surface area (Å²) in [5.41, 5.74) is 2.41.